The summed E-state index contributed by atoms with van der Waals surface area (Å²) in [4.78, 5) is 14.9. The molecule has 0 amide bonds. The molecule has 2 fully saturated rings. The highest BCUT2D eigenvalue weighted by Crippen LogP contribution is 2.39. The third-order valence-corrected chi connectivity index (χ3v) is 5.91. The van der Waals surface area contributed by atoms with Crippen LogP contribution in [0.15, 0.2) is 33.7 Å². The van der Waals surface area contributed by atoms with Gasteiger partial charge in [0.2, 0.25) is 0 Å². The van der Waals surface area contributed by atoms with Gasteiger partial charge in [0.1, 0.15) is 22.7 Å². The first kappa shape index (κ1) is 18.9. The fourth-order valence-electron chi connectivity index (χ4n) is 4.29. The van der Waals surface area contributed by atoms with Crippen molar-refractivity contribution in [3.05, 3.63) is 51.8 Å². The van der Waals surface area contributed by atoms with Crippen molar-refractivity contribution in [1.82, 2.24) is 25.1 Å². The molecule has 30 heavy (non-hydrogen) atoms. The average molecular weight is 408 g/mol. The Balaban J connectivity index is 1.35. The second kappa shape index (κ2) is 7.02. The molecule has 2 aliphatic heterocycles. The van der Waals surface area contributed by atoms with E-state index in [9.17, 15) is 4.79 Å². The van der Waals surface area contributed by atoms with E-state index in [-0.39, 0.29) is 17.7 Å². The molecule has 3 aromatic heterocycles. The summed E-state index contributed by atoms with van der Waals surface area (Å²) in [5.74, 6) is 1.22. The third-order valence-electron chi connectivity index (χ3n) is 5.91. The van der Waals surface area contributed by atoms with Gasteiger partial charge in [-0.1, -0.05) is 12.1 Å². The second-order valence-corrected chi connectivity index (χ2v) is 8.49. The van der Waals surface area contributed by atoms with Crippen LogP contribution < -0.4 is 10.5 Å². The Morgan fingerprint density at radius 2 is 2.07 bits per heavy atom. The van der Waals surface area contributed by atoms with Crippen molar-refractivity contribution in [1.29, 1.82) is 0 Å². The smallest absolute Gasteiger partial charge is 0.269 e. The van der Waals surface area contributed by atoms with Gasteiger partial charge >= 0.3 is 0 Å². The molecule has 0 N–H and O–H groups in total. The summed E-state index contributed by atoms with van der Waals surface area (Å²) < 4.78 is 12.7. The van der Waals surface area contributed by atoms with E-state index < -0.39 is 0 Å². The highest BCUT2D eigenvalue weighted by molar-refractivity contribution is 5.58. The third kappa shape index (κ3) is 3.28. The largest absolute Gasteiger partial charge is 0.371 e. The lowest BCUT2D eigenvalue weighted by molar-refractivity contribution is -0.0186. The van der Waals surface area contributed by atoms with E-state index in [2.05, 4.69) is 32.3 Å². The zero-order valence-electron chi connectivity index (χ0n) is 17.3. The topological polar surface area (TPSA) is 99.2 Å². The normalized spacial score (nSPS) is 20.0. The molecule has 156 valence electrons. The summed E-state index contributed by atoms with van der Waals surface area (Å²) in [6.45, 7) is 8.59. The van der Waals surface area contributed by atoms with Crippen molar-refractivity contribution in [2.45, 2.75) is 39.3 Å². The lowest BCUT2D eigenvalue weighted by Crippen LogP contribution is -2.62. The maximum atomic E-state index is 12.7. The van der Waals surface area contributed by atoms with Crippen LogP contribution in [-0.2, 0) is 11.3 Å². The number of nitrogens with zero attached hydrogens (tertiary/aromatic N) is 6. The Hall–Kier alpha value is -3.07. The summed E-state index contributed by atoms with van der Waals surface area (Å²) in [7, 11) is 0. The van der Waals surface area contributed by atoms with Crippen LogP contribution in [-0.4, -0.2) is 50.4 Å². The van der Waals surface area contributed by atoms with Crippen LogP contribution in [0.3, 0.4) is 0 Å². The summed E-state index contributed by atoms with van der Waals surface area (Å²) in [5, 5.41) is 16.8. The van der Waals surface area contributed by atoms with Gasteiger partial charge in [-0.2, -0.15) is 10.2 Å². The maximum absolute atomic E-state index is 12.7. The molecule has 0 aromatic carbocycles. The van der Waals surface area contributed by atoms with Gasteiger partial charge in [0.05, 0.1) is 30.7 Å². The highest BCUT2D eigenvalue weighted by atomic mass is 16.5. The number of hydrogen-bond acceptors (Lipinski definition) is 8. The quantitative estimate of drug-likeness (QED) is 0.646. The fraction of sp³-hybridized carbons (Fsp3) is 0.476. The first-order chi connectivity index (χ1) is 14.4. The molecule has 9 heteroatoms. The van der Waals surface area contributed by atoms with Gasteiger partial charge in [-0.3, -0.25) is 4.79 Å². The van der Waals surface area contributed by atoms with Crippen molar-refractivity contribution in [3.8, 4) is 11.4 Å². The first-order valence-corrected chi connectivity index (χ1v) is 10.1. The number of aromatic nitrogens is 5. The monoisotopic (exact) mass is 408 g/mol. The van der Waals surface area contributed by atoms with Crippen LogP contribution in [0.5, 0.6) is 0 Å². The van der Waals surface area contributed by atoms with Gasteiger partial charge in [-0.25, -0.2) is 4.68 Å². The summed E-state index contributed by atoms with van der Waals surface area (Å²) in [6, 6.07) is 5.34. The zero-order valence-corrected chi connectivity index (χ0v) is 17.3. The molecule has 2 saturated heterocycles. The molecule has 5 heterocycles. The van der Waals surface area contributed by atoms with Crippen molar-refractivity contribution < 1.29 is 9.26 Å². The molecule has 3 aromatic rings. The molecule has 0 saturated carbocycles. The molecule has 0 unspecified atom stereocenters. The van der Waals surface area contributed by atoms with E-state index in [1.54, 1.807) is 12.3 Å². The second-order valence-electron chi connectivity index (χ2n) is 8.49. The van der Waals surface area contributed by atoms with Gasteiger partial charge in [-0.05, 0) is 38.3 Å². The van der Waals surface area contributed by atoms with Crippen LogP contribution >= 0.6 is 0 Å². The van der Waals surface area contributed by atoms with E-state index in [0.29, 0.717) is 23.1 Å². The highest BCUT2D eigenvalue weighted by Gasteiger charge is 2.48. The molecule has 9 nitrogen and oxygen atoms in total. The predicted molar refractivity (Wildman–Crippen MR) is 109 cm³/mol. The molecule has 0 bridgehead atoms. The predicted octanol–water partition coefficient (Wildman–Crippen LogP) is 1.97. The van der Waals surface area contributed by atoms with Gasteiger partial charge in [-0.15, -0.1) is 5.10 Å². The van der Waals surface area contributed by atoms with Crippen molar-refractivity contribution >= 4 is 5.69 Å². The molecule has 0 radical (unpaired) electrons. The number of ether oxygens (including phenoxy) is 1. The molecular weight excluding hydrogens is 384 g/mol. The number of hydrogen-bond donors (Lipinski definition) is 0. The first-order valence-electron chi connectivity index (χ1n) is 10.1. The van der Waals surface area contributed by atoms with E-state index in [4.69, 9.17) is 9.26 Å². The van der Waals surface area contributed by atoms with Crippen molar-refractivity contribution in [2.75, 3.05) is 24.6 Å². The van der Waals surface area contributed by atoms with Crippen molar-refractivity contribution in [2.24, 2.45) is 5.92 Å². The van der Waals surface area contributed by atoms with Crippen LogP contribution in [0.1, 0.15) is 30.4 Å². The Labute approximate surface area is 173 Å². The van der Waals surface area contributed by atoms with Crippen LogP contribution in [0.4, 0.5) is 5.69 Å². The molecule has 0 aliphatic carbocycles. The van der Waals surface area contributed by atoms with Crippen LogP contribution in [0.2, 0.25) is 0 Å². The summed E-state index contributed by atoms with van der Waals surface area (Å²) in [6.07, 6.45) is 2.81. The summed E-state index contributed by atoms with van der Waals surface area (Å²) in [5.41, 5.74) is 3.39. The minimum Gasteiger partial charge on any atom is -0.371 e. The van der Waals surface area contributed by atoms with Gasteiger partial charge in [0.25, 0.3) is 5.56 Å². The Morgan fingerprint density at radius 1 is 1.23 bits per heavy atom. The summed E-state index contributed by atoms with van der Waals surface area (Å²) >= 11 is 0. The SMILES string of the molecule is Cc1ccc(-c2noc(C)c2Cn2ncc(N3CC4(C[C@H](C)CO4)C3)cc2=O)nn1. The van der Waals surface area contributed by atoms with Crippen molar-refractivity contribution in [3.63, 3.8) is 0 Å². The Morgan fingerprint density at radius 3 is 2.73 bits per heavy atom. The van der Waals surface area contributed by atoms with Crippen LogP contribution in [0, 0.1) is 19.8 Å². The number of rotatable bonds is 4. The lowest BCUT2D eigenvalue weighted by Gasteiger charge is -2.48. The van der Waals surface area contributed by atoms with E-state index in [1.807, 2.05) is 26.0 Å². The Kier molecular flexibility index (Phi) is 4.43. The standard InChI is InChI=1S/C21H24N6O3/c1-13-7-21(29-10-13)11-26(12-21)16-6-19(28)27(22-8-16)9-17-15(3)30-25-20(17)18-5-4-14(2)23-24-18/h4-6,8,13H,7,9-12H2,1-3H3/t13-/m0/s1. The van der Waals surface area contributed by atoms with E-state index in [1.165, 1.54) is 4.68 Å². The average Bonchev–Trinajstić information content (AvgIpc) is 3.26. The molecule has 5 rings (SSSR count). The van der Waals surface area contributed by atoms with Gasteiger partial charge in [0.15, 0.2) is 0 Å². The van der Waals surface area contributed by atoms with Crippen LogP contribution in [0.25, 0.3) is 11.4 Å². The number of aryl methyl sites for hydroxylation is 2. The molecule has 2 aliphatic rings. The molecular formula is C21H24N6O3. The van der Waals surface area contributed by atoms with E-state index in [0.717, 1.165) is 43.1 Å². The maximum Gasteiger partial charge on any atom is 0.269 e. The molecule has 1 spiro atoms. The van der Waals surface area contributed by atoms with Gasteiger partial charge < -0.3 is 14.2 Å². The minimum atomic E-state index is -0.171. The number of anilines is 1. The molecule has 1 atom stereocenters. The lowest BCUT2D eigenvalue weighted by atomic mass is 9.87. The minimum absolute atomic E-state index is 0.0438. The zero-order chi connectivity index (χ0) is 20.9. The Bertz CT molecular complexity index is 1130. The van der Waals surface area contributed by atoms with Gasteiger partial charge in [0, 0.05) is 24.7 Å². The van der Waals surface area contributed by atoms with E-state index >= 15 is 0 Å². The fourth-order valence-corrected chi connectivity index (χ4v) is 4.29.